The maximum Gasteiger partial charge on any atom is 0.417 e. The van der Waals surface area contributed by atoms with Gasteiger partial charge in [-0.05, 0) is 13.0 Å². The Morgan fingerprint density at radius 3 is 2.43 bits per heavy atom. The minimum absolute atomic E-state index is 0.0110. The van der Waals surface area contributed by atoms with Crippen molar-refractivity contribution in [2.24, 2.45) is 0 Å². The first-order chi connectivity index (χ1) is 10.8. The molecule has 7 heteroatoms. The molecule has 0 radical (unpaired) electrons. The predicted octanol–water partition coefficient (Wildman–Crippen LogP) is 4.85. The maximum absolute atomic E-state index is 12.9. The average Bonchev–Trinajstić information content (AvgIpc) is 2.86. The first kappa shape index (κ1) is 15.4. The zero-order valence-electron chi connectivity index (χ0n) is 11.8. The number of benzene rings is 1. The van der Waals surface area contributed by atoms with Gasteiger partial charge in [-0.15, -0.1) is 0 Å². The summed E-state index contributed by atoms with van der Waals surface area (Å²) in [6.45, 7) is 1.91. The number of pyridine rings is 1. The lowest BCUT2D eigenvalue weighted by Gasteiger charge is -2.08. The molecule has 0 N–H and O–H groups in total. The number of hydrogen-bond acceptors (Lipinski definition) is 2. The van der Waals surface area contributed by atoms with Gasteiger partial charge in [-0.3, -0.25) is 4.40 Å². The van der Waals surface area contributed by atoms with Crippen molar-refractivity contribution < 1.29 is 13.2 Å². The first-order valence-electron chi connectivity index (χ1n) is 6.57. The van der Waals surface area contributed by atoms with Crippen LogP contribution in [0.1, 0.15) is 16.8 Å². The van der Waals surface area contributed by atoms with Crippen LogP contribution in [0.3, 0.4) is 0 Å². The third kappa shape index (κ3) is 2.64. The fourth-order valence-corrected chi connectivity index (χ4v) is 2.53. The van der Waals surface area contributed by atoms with Crippen LogP contribution in [-0.4, -0.2) is 9.38 Å². The quantitative estimate of drug-likeness (QED) is 0.637. The number of fused-ring (bicyclic) bond motifs is 1. The normalized spacial score (nSPS) is 11.7. The van der Waals surface area contributed by atoms with E-state index in [-0.39, 0.29) is 16.4 Å². The topological polar surface area (TPSA) is 41.1 Å². The van der Waals surface area contributed by atoms with E-state index in [9.17, 15) is 18.4 Å². The second kappa shape index (κ2) is 5.28. The van der Waals surface area contributed by atoms with E-state index >= 15 is 0 Å². The SMILES string of the molecule is Cc1ccc(-c2nc3c(Cl)cc(C(F)(F)F)cn3c2C#N)cc1. The smallest absolute Gasteiger partial charge is 0.289 e. The summed E-state index contributed by atoms with van der Waals surface area (Å²) >= 11 is 5.93. The highest BCUT2D eigenvalue weighted by molar-refractivity contribution is 6.33. The van der Waals surface area contributed by atoms with Gasteiger partial charge in [0.15, 0.2) is 11.3 Å². The summed E-state index contributed by atoms with van der Waals surface area (Å²) in [5.41, 5.74) is 1.16. The van der Waals surface area contributed by atoms with Crippen LogP contribution in [0.4, 0.5) is 13.2 Å². The summed E-state index contributed by atoms with van der Waals surface area (Å²) in [7, 11) is 0. The monoisotopic (exact) mass is 335 g/mol. The highest BCUT2D eigenvalue weighted by Crippen LogP contribution is 2.34. The van der Waals surface area contributed by atoms with Gasteiger partial charge in [0.2, 0.25) is 0 Å². The molecule has 2 heterocycles. The molecule has 0 spiro atoms. The van der Waals surface area contributed by atoms with Crippen molar-refractivity contribution in [1.82, 2.24) is 9.38 Å². The van der Waals surface area contributed by atoms with Gasteiger partial charge in [-0.1, -0.05) is 41.4 Å². The fourth-order valence-electron chi connectivity index (χ4n) is 2.28. The van der Waals surface area contributed by atoms with Crippen molar-refractivity contribution in [3.63, 3.8) is 0 Å². The number of rotatable bonds is 1. The number of hydrogen-bond donors (Lipinski definition) is 0. The summed E-state index contributed by atoms with van der Waals surface area (Å²) in [5, 5.41) is 9.21. The Hall–Kier alpha value is -2.52. The largest absolute Gasteiger partial charge is 0.417 e. The van der Waals surface area contributed by atoms with E-state index in [0.717, 1.165) is 22.2 Å². The molecule has 1 aromatic carbocycles. The molecular weight excluding hydrogens is 327 g/mol. The number of alkyl halides is 3. The van der Waals surface area contributed by atoms with Crippen molar-refractivity contribution >= 4 is 17.2 Å². The zero-order valence-corrected chi connectivity index (χ0v) is 12.6. The molecule has 2 aromatic heterocycles. The molecule has 0 aliphatic carbocycles. The van der Waals surface area contributed by atoms with Gasteiger partial charge < -0.3 is 0 Å². The number of imidazole rings is 1. The van der Waals surface area contributed by atoms with E-state index in [1.807, 2.05) is 25.1 Å². The van der Waals surface area contributed by atoms with Gasteiger partial charge in [0.05, 0.1) is 10.6 Å². The van der Waals surface area contributed by atoms with Crippen LogP contribution in [0, 0.1) is 18.3 Å². The van der Waals surface area contributed by atoms with E-state index in [4.69, 9.17) is 11.6 Å². The van der Waals surface area contributed by atoms with Gasteiger partial charge in [0.1, 0.15) is 11.8 Å². The molecule has 0 unspecified atom stereocenters. The molecule has 0 bridgehead atoms. The average molecular weight is 336 g/mol. The number of nitrogens with zero attached hydrogens (tertiary/aromatic N) is 3. The molecule has 3 aromatic rings. The predicted molar refractivity (Wildman–Crippen MR) is 80.1 cm³/mol. The lowest BCUT2D eigenvalue weighted by molar-refractivity contribution is -0.137. The van der Waals surface area contributed by atoms with Crippen LogP contribution >= 0.6 is 11.6 Å². The molecule has 3 nitrogen and oxygen atoms in total. The molecule has 0 amide bonds. The number of aryl methyl sites for hydroxylation is 1. The molecule has 0 saturated heterocycles. The van der Waals surface area contributed by atoms with Crippen LogP contribution < -0.4 is 0 Å². The van der Waals surface area contributed by atoms with Crippen LogP contribution in [-0.2, 0) is 6.18 Å². The molecule has 0 atom stereocenters. The standard InChI is InChI=1S/C16H9ClF3N3/c1-9-2-4-10(5-3-9)14-13(7-21)23-8-11(16(18,19)20)6-12(17)15(23)22-14/h2-6,8H,1H3. The Labute approximate surface area is 134 Å². The van der Waals surface area contributed by atoms with Gasteiger partial charge in [0, 0.05) is 11.8 Å². The third-order valence-electron chi connectivity index (χ3n) is 3.43. The van der Waals surface area contributed by atoms with Gasteiger partial charge >= 0.3 is 6.18 Å². The molecule has 0 aliphatic heterocycles. The van der Waals surface area contributed by atoms with Crippen LogP contribution in [0.15, 0.2) is 36.5 Å². The Kier molecular flexibility index (Phi) is 3.53. The second-order valence-electron chi connectivity index (χ2n) is 5.05. The van der Waals surface area contributed by atoms with E-state index in [1.54, 1.807) is 12.1 Å². The van der Waals surface area contributed by atoms with E-state index in [0.29, 0.717) is 11.3 Å². The van der Waals surface area contributed by atoms with Crippen LogP contribution in [0.5, 0.6) is 0 Å². The molecular formula is C16H9ClF3N3. The summed E-state index contributed by atoms with van der Waals surface area (Å²) in [5.74, 6) is 0. The zero-order chi connectivity index (χ0) is 16.8. The molecule has 0 saturated carbocycles. The highest BCUT2D eigenvalue weighted by Gasteiger charge is 2.32. The third-order valence-corrected chi connectivity index (χ3v) is 3.71. The van der Waals surface area contributed by atoms with Gasteiger partial charge in [-0.25, -0.2) is 4.98 Å². The summed E-state index contributed by atoms with van der Waals surface area (Å²) in [6, 6.07) is 9.92. The Morgan fingerprint density at radius 1 is 1.22 bits per heavy atom. The molecule has 0 fully saturated rings. The number of halogens is 4. The van der Waals surface area contributed by atoms with Crippen molar-refractivity contribution in [1.29, 1.82) is 5.26 Å². The van der Waals surface area contributed by atoms with Gasteiger partial charge in [0.25, 0.3) is 0 Å². The second-order valence-corrected chi connectivity index (χ2v) is 5.46. The van der Waals surface area contributed by atoms with E-state index in [2.05, 4.69) is 4.98 Å². The molecule has 116 valence electrons. The minimum Gasteiger partial charge on any atom is -0.289 e. The Morgan fingerprint density at radius 2 is 1.87 bits per heavy atom. The molecule has 23 heavy (non-hydrogen) atoms. The lowest BCUT2D eigenvalue weighted by atomic mass is 10.1. The van der Waals surface area contributed by atoms with Crippen molar-refractivity contribution in [2.75, 3.05) is 0 Å². The summed E-state index contributed by atoms with van der Waals surface area (Å²) < 4.78 is 39.9. The van der Waals surface area contributed by atoms with Crippen molar-refractivity contribution in [2.45, 2.75) is 13.1 Å². The first-order valence-corrected chi connectivity index (χ1v) is 6.95. The maximum atomic E-state index is 12.9. The van der Waals surface area contributed by atoms with Crippen molar-refractivity contribution in [3.05, 3.63) is 58.4 Å². The lowest BCUT2D eigenvalue weighted by Crippen LogP contribution is -2.07. The van der Waals surface area contributed by atoms with Crippen molar-refractivity contribution in [3.8, 4) is 17.3 Å². The minimum atomic E-state index is -4.56. The Bertz CT molecular complexity index is 934. The highest BCUT2D eigenvalue weighted by atomic mass is 35.5. The number of aromatic nitrogens is 2. The fraction of sp³-hybridized carbons (Fsp3) is 0.125. The summed E-state index contributed by atoms with van der Waals surface area (Å²) in [4.78, 5) is 4.25. The summed E-state index contributed by atoms with van der Waals surface area (Å²) in [6.07, 6.45) is -3.72. The van der Waals surface area contributed by atoms with E-state index in [1.165, 1.54) is 0 Å². The number of nitriles is 1. The van der Waals surface area contributed by atoms with E-state index < -0.39 is 11.7 Å². The molecule has 0 aliphatic rings. The molecule has 3 rings (SSSR count). The van der Waals surface area contributed by atoms with Crippen LogP contribution in [0.2, 0.25) is 5.02 Å². The van der Waals surface area contributed by atoms with Gasteiger partial charge in [-0.2, -0.15) is 18.4 Å². The Balaban J connectivity index is 2.32. The van der Waals surface area contributed by atoms with Crippen LogP contribution in [0.25, 0.3) is 16.9 Å².